The van der Waals surface area contributed by atoms with Gasteiger partial charge in [-0.1, -0.05) is 148 Å². The number of nitrogens with zero attached hydrogens (tertiary/aromatic N) is 3. The van der Waals surface area contributed by atoms with E-state index in [1.54, 1.807) is 0 Å². The van der Waals surface area contributed by atoms with E-state index < -0.39 is 0 Å². The van der Waals surface area contributed by atoms with Gasteiger partial charge in [-0.05, 0) is 126 Å². The maximum atomic E-state index is 2.71. The van der Waals surface area contributed by atoms with Gasteiger partial charge in [-0.15, -0.1) is 45.3 Å². The lowest BCUT2D eigenvalue weighted by Crippen LogP contribution is -2.11. The van der Waals surface area contributed by atoms with Gasteiger partial charge in [0, 0.05) is 132 Å². The summed E-state index contributed by atoms with van der Waals surface area (Å²) in [5, 5.41) is 17.9. The van der Waals surface area contributed by atoms with Gasteiger partial charge >= 0.3 is 0 Å². The van der Waals surface area contributed by atoms with Gasteiger partial charge in [0.2, 0.25) is 0 Å². The molecule has 0 spiro atoms. The Labute approximate surface area is 484 Å². The average Bonchev–Trinajstić information content (AvgIpc) is 4.29. The zero-order chi connectivity index (χ0) is 53.3. The second-order valence-corrected chi connectivity index (χ2v) is 26.0. The highest BCUT2D eigenvalue weighted by Crippen LogP contribution is 2.52. The number of benzene rings is 12. The highest BCUT2D eigenvalue weighted by Gasteiger charge is 2.27. The summed E-state index contributed by atoms with van der Waals surface area (Å²) in [6.45, 7) is 3.22. The molecule has 0 fully saturated rings. The van der Waals surface area contributed by atoms with Crippen LogP contribution in [0.15, 0.2) is 231 Å². The Morgan fingerprint density at radius 2 is 0.580 bits per heavy atom. The summed E-state index contributed by atoms with van der Waals surface area (Å²) in [6.07, 6.45) is 4.64. The Morgan fingerprint density at radius 1 is 0.284 bits per heavy atom. The van der Waals surface area contributed by atoms with Crippen molar-refractivity contribution < 1.29 is 0 Å². The van der Waals surface area contributed by atoms with Gasteiger partial charge in [0.25, 0.3) is 0 Å². The maximum absolute atomic E-state index is 2.71. The molecule has 0 bridgehead atoms. The van der Waals surface area contributed by atoms with Crippen LogP contribution in [0.5, 0.6) is 0 Å². The first-order valence-electron chi connectivity index (χ1n) is 28.3. The minimum absolute atomic E-state index is 0.898. The number of unbranched alkanes of at least 4 members (excludes halogenated alkanes) is 3. The number of rotatable bonds is 11. The van der Waals surface area contributed by atoms with Crippen molar-refractivity contribution in [3.63, 3.8) is 0 Å². The predicted molar refractivity (Wildman–Crippen MR) is 360 cm³/mol. The van der Waals surface area contributed by atoms with Gasteiger partial charge in [-0.3, -0.25) is 0 Å². The van der Waals surface area contributed by atoms with Crippen molar-refractivity contribution in [2.24, 2.45) is 0 Å². The lowest BCUT2D eigenvalue weighted by molar-refractivity contribution is 0.602. The molecule has 12 aromatic carbocycles. The smallest absolute Gasteiger partial charge is 0.0561 e. The second-order valence-electron chi connectivity index (χ2n) is 21.7. The van der Waals surface area contributed by atoms with Crippen LogP contribution >= 0.6 is 45.3 Å². The van der Waals surface area contributed by atoms with Crippen LogP contribution in [0, 0.1) is 0 Å². The number of aromatic nitrogens is 1. The highest BCUT2D eigenvalue weighted by atomic mass is 32.1. The van der Waals surface area contributed by atoms with Crippen LogP contribution < -0.4 is 9.80 Å². The maximum Gasteiger partial charge on any atom is 0.0561 e. The quantitative estimate of drug-likeness (QED) is 0.120. The van der Waals surface area contributed by atoms with E-state index in [0.29, 0.717) is 0 Å². The summed E-state index contributed by atoms with van der Waals surface area (Å²) in [4.78, 5) is 5.14. The van der Waals surface area contributed by atoms with Gasteiger partial charge in [0.1, 0.15) is 0 Å². The summed E-state index contributed by atoms with van der Waals surface area (Å²) in [5.74, 6) is 0. The van der Waals surface area contributed by atoms with E-state index in [-0.39, 0.29) is 0 Å². The second kappa shape index (κ2) is 18.8. The number of fused-ring (bicyclic) bond motifs is 19. The van der Waals surface area contributed by atoms with Crippen LogP contribution in [-0.4, -0.2) is 4.57 Å². The first-order valence-corrected chi connectivity index (χ1v) is 31.5. The Kier molecular flexibility index (Phi) is 11.0. The normalized spacial score (nSPS) is 12.3. The van der Waals surface area contributed by atoms with E-state index in [1.165, 1.54) is 155 Å². The predicted octanol–water partition coefficient (Wildman–Crippen LogP) is 24.1. The zero-order valence-corrected chi connectivity index (χ0v) is 47.7. The number of aryl methyl sites for hydroxylation is 1. The molecule has 0 aliphatic rings. The molecule has 0 saturated heterocycles. The van der Waals surface area contributed by atoms with Gasteiger partial charge < -0.3 is 14.4 Å². The number of thiophene rings is 4. The van der Waals surface area contributed by atoms with Crippen molar-refractivity contribution in [1.29, 1.82) is 0 Å². The Bertz CT molecular complexity index is 4840. The molecule has 3 nitrogen and oxygen atoms in total. The fourth-order valence-electron chi connectivity index (χ4n) is 13.3. The van der Waals surface area contributed by atoms with E-state index in [1.807, 2.05) is 45.3 Å². The molecule has 0 aliphatic heterocycles. The molecular formula is C74H51N3S4. The minimum atomic E-state index is 0.898. The largest absolute Gasteiger partial charge is 0.340 e. The van der Waals surface area contributed by atoms with Crippen LogP contribution in [0.4, 0.5) is 34.1 Å². The SMILES string of the molecule is CCCCCCn1c2cc(N(c3ccc4sc5ccccc5c4c3)c3ccc4sc5ccccc5c4c3)c3ccccc3c2c2c3ccccc3c(N(c3ccc4sc5ccccc5c4c3)c3ccc4sc5ccccc5c4c3)cc21. The van der Waals surface area contributed by atoms with Crippen molar-refractivity contribution in [1.82, 2.24) is 4.57 Å². The number of hydrogen-bond donors (Lipinski definition) is 0. The van der Waals surface area contributed by atoms with Gasteiger partial charge in [0.15, 0.2) is 0 Å². The Hall–Kier alpha value is -8.56. The van der Waals surface area contributed by atoms with Crippen molar-refractivity contribution in [2.75, 3.05) is 9.80 Å². The first-order chi connectivity index (χ1) is 40.1. The van der Waals surface area contributed by atoms with E-state index in [4.69, 9.17) is 0 Å². The molecule has 0 amide bonds. The van der Waals surface area contributed by atoms with E-state index >= 15 is 0 Å². The summed E-state index contributed by atoms with van der Waals surface area (Å²) in [7, 11) is 0. The molecule has 17 rings (SSSR count). The third kappa shape index (κ3) is 7.42. The number of hydrogen-bond acceptors (Lipinski definition) is 6. The zero-order valence-electron chi connectivity index (χ0n) is 44.4. The van der Waals surface area contributed by atoms with Crippen LogP contribution in [-0.2, 0) is 6.54 Å². The van der Waals surface area contributed by atoms with Crippen molar-refractivity contribution in [3.8, 4) is 0 Å². The molecule has 0 aliphatic carbocycles. The van der Waals surface area contributed by atoms with Crippen LogP contribution in [0.3, 0.4) is 0 Å². The van der Waals surface area contributed by atoms with E-state index in [2.05, 4.69) is 252 Å². The summed E-state index contributed by atoms with van der Waals surface area (Å²) in [5.41, 5.74) is 9.46. The first kappa shape index (κ1) is 47.3. The monoisotopic (exact) mass is 1110 g/mol. The van der Waals surface area contributed by atoms with Gasteiger partial charge in [0.05, 0.1) is 22.4 Å². The topological polar surface area (TPSA) is 11.4 Å². The van der Waals surface area contributed by atoms with E-state index in [0.717, 1.165) is 35.7 Å². The molecule has 5 aromatic heterocycles. The summed E-state index contributed by atoms with van der Waals surface area (Å²) < 4.78 is 13.2. The molecule has 0 saturated carbocycles. The molecule has 17 aromatic rings. The average molecular weight is 1110 g/mol. The van der Waals surface area contributed by atoms with Crippen LogP contribution in [0.25, 0.3) is 124 Å². The molecule has 0 unspecified atom stereocenters. The Balaban J connectivity index is 0.967. The molecule has 81 heavy (non-hydrogen) atoms. The molecule has 0 N–H and O–H groups in total. The minimum Gasteiger partial charge on any atom is -0.340 e. The van der Waals surface area contributed by atoms with Gasteiger partial charge in [-0.25, -0.2) is 0 Å². The molecular weight excluding hydrogens is 1060 g/mol. The van der Waals surface area contributed by atoms with Crippen molar-refractivity contribution in [2.45, 2.75) is 39.2 Å². The molecule has 386 valence electrons. The highest BCUT2D eigenvalue weighted by molar-refractivity contribution is 7.27. The van der Waals surface area contributed by atoms with E-state index in [9.17, 15) is 0 Å². The third-order valence-electron chi connectivity index (χ3n) is 17.0. The lowest BCUT2D eigenvalue weighted by atomic mass is 9.96. The van der Waals surface area contributed by atoms with Crippen molar-refractivity contribution in [3.05, 3.63) is 231 Å². The molecule has 7 heteroatoms. The standard InChI is InChI=1S/C74H51N3S4/c1-2-3-4-17-38-75-63-43-61(76(45-30-34-69-57(39-45)51-20-9-13-26-65(51)78-69)46-31-35-70-58(40-46)52-21-10-14-27-66(52)79-70)49-18-5-7-24-55(49)73(63)74-56-25-8-6-19-50(56)62(44-64(74)75)77(47-32-36-71-59(41-47)53-22-11-15-28-67(53)80-71)48-33-37-72-60(42-48)54-23-12-16-29-68(54)81-72/h5-16,18-37,39-44H,2-4,17,38H2,1H3. The number of anilines is 6. The summed E-state index contributed by atoms with van der Waals surface area (Å²) in [6, 6.07) is 87.8. The molecule has 0 atom stereocenters. The Morgan fingerprint density at radius 3 is 0.914 bits per heavy atom. The molecule has 5 heterocycles. The fourth-order valence-corrected chi connectivity index (χ4v) is 17.7. The third-order valence-corrected chi connectivity index (χ3v) is 21.6. The van der Waals surface area contributed by atoms with Gasteiger partial charge in [-0.2, -0.15) is 0 Å². The van der Waals surface area contributed by atoms with Crippen molar-refractivity contribution >= 4 is 204 Å². The fraction of sp³-hybridized carbons (Fsp3) is 0.0811. The molecule has 0 radical (unpaired) electrons. The summed E-state index contributed by atoms with van der Waals surface area (Å²) >= 11 is 7.51. The van der Waals surface area contributed by atoms with Crippen LogP contribution in [0.2, 0.25) is 0 Å². The lowest BCUT2D eigenvalue weighted by Gasteiger charge is -2.28. The van der Waals surface area contributed by atoms with Crippen LogP contribution in [0.1, 0.15) is 32.6 Å².